The van der Waals surface area contributed by atoms with Crippen LogP contribution in [0.1, 0.15) is 16.1 Å². The summed E-state index contributed by atoms with van der Waals surface area (Å²) < 4.78 is 0. The van der Waals surface area contributed by atoms with Crippen LogP contribution in [-0.4, -0.2) is 20.9 Å². The molecular formula is C17H15N5O. The van der Waals surface area contributed by atoms with Gasteiger partial charge in [-0.3, -0.25) is 9.78 Å². The fraction of sp³-hybridized carbons (Fsp3) is 0.0588. The van der Waals surface area contributed by atoms with Crippen LogP contribution in [0.2, 0.25) is 0 Å². The number of pyridine rings is 1. The first kappa shape index (κ1) is 14.6. The summed E-state index contributed by atoms with van der Waals surface area (Å²) in [6.45, 7) is 0.539. The molecule has 0 spiro atoms. The average Bonchev–Trinajstić information content (AvgIpc) is 2.62. The van der Waals surface area contributed by atoms with E-state index in [1.54, 1.807) is 24.7 Å². The minimum absolute atomic E-state index is 0.275. The molecule has 2 heterocycles. The van der Waals surface area contributed by atoms with Crippen molar-refractivity contribution in [3.8, 4) is 0 Å². The predicted octanol–water partition coefficient (Wildman–Crippen LogP) is 2.74. The highest BCUT2D eigenvalue weighted by atomic mass is 16.1. The summed E-state index contributed by atoms with van der Waals surface area (Å²) in [5, 5.41) is 5.87. The molecule has 0 aliphatic rings. The van der Waals surface area contributed by atoms with Crippen LogP contribution in [0, 0.1) is 0 Å². The minimum atomic E-state index is -0.275. The standard InChI is InChI=1S/C17H15N5O/c23-16(21-14-6-2-1-3-7-14)15-8-10-19-17(22-15)20-12-13-5-4-9-18-11-13/h1-11H,12H2,(H,21,23)(H,19,20,22). The number of nitrogens with zero attached hydrogens (tertiary/aromatic N) is 3. The zero-order chi connectivity index (χ0) is 15.9. The third kappa shape index (κ3) is 4.10. The van der Waals surface area contributed by atoms with Crippen molar-refractivity contribution in [1.29, 1.82) is 0 Å². The molecule has 114 valence electrons. The zero-order valence-corrected chi connectivity index (χ0v) is 12.3. The monoisotopic (exact) mass is 305 g/mol. The molecule has 6 nitrogen and oxygen atoms in total. The number of hydrogen-bond acceptors (Lipinski definition) is 5. The van der Waals surface area contributed by atoms with Gasteiger partial charge in [-0.15, -0.1) is 0 Å². The second kappa shape index (κ2) is 7.13. The van der Waals surface area contributed by atoms with Crippen LogP contribution in [0.3, 0.4) is 0 Å². The van der Waals surface area contributed by atoms with Crippen LogP contribution in [0.25, 0.3) is 0 Å². The number of carbonyl (C=O) groups excluding carboxylic acids is 1. The molecule has 2 N–H and O–H groups in total. The fourth-order valence-corrected chi connectivity index (χ4v) is 1.97. The number of rotatable bonds is 5. The van der Waals surface area contributed by atoms with Gasteiger partial charge in [-0.25, -0.2) is 9.97 Å². The van der Waals surface area contributed by atoms with Crippen molar-refractivity contribution in [3.05, 3.63) is 78.4 Å². The Morgan fingerprint density at radius 1 is 1.00 bits per heavy atom. The van der Waals surface area contributed by atoms with Crippen LogP contribution in [-0.2, 0) is 6.54 Å². The molecule has 0 fully saturated rings. The third-order valence-electron chi connectivity index (χ3n) is 3.09. The number of benzene rings is 1. The number of amides is 1. The van der Waals surface area contributed by atoms with Gasteiger partial charge in [-0.1, -0.05) is 24.3 Å². The normalized spacial score (nSPS) is 10.1. The first-order valence-corrected chi connectivity index (χ1v) is 7.13. The van der Waals surface area contributed by atoms with Gasteiger partial charge in [-0.2, -0.15) is 0 Å². The van der Waals surface area contributed by atoms with Gasteiger partial charge < -0.3 is 10.6 Å². The van der Waals surface area contributed by atoms with Crippen LogP contribution in [0.5, 0.6) is 0 Å². The molecule has 23 heavy (non-hydrogen) atoms. The fourth-order valence-electron chi connectivity index (χ4n) is 1.97. The minimum Gasteiger partial charge on any atom is -0.350 e. The summed E-state index contributed by atoms with van der Waals surface area (Å²) in [6, 6.07) is 14.6. The van der Waals surface area contributed by atoms with E-state index in [9.17, 15) is 4.79 Å². The summed E-state index contributed by atoms with van der Waals surface area (Å²) in [6.07, 6.45) is 5.03. The second-order valence-electron chi connectivity index (χ2n) is 4.80. The van der Waals surface area contributed by atoms with Gasteiger partial charge in [0.15, 0.2) is 0 Å². The first-order valence-electron chi connectivity index (χ1n) is 7.13. The SMILES string of the molecule is O=C(Nc1ccccc1)c1ccnc(NCc2cccnc2)n1. The van der Waals surface area contributed by atoms with Crippen molar-refractivity contribution < 1.29 is 4.79 Å². The maximum Gasteiger partial charge on any atom is 0.274 e. The molecule has 0 aliphatic carbocycles. The van der Waals surface area contributed by atoms with E-state index in [2.05, 4.69) is 25.6 Å². The Morgan fingerprint density at radius 2 is 1.87 bits per heavy atom. The Hall–Kier alpha value is -3.28. The van der Waals surface area contributed by atoms with Crippen molar-refractivity contribution in [1.82, 2.24) is 15.0 Å². The van der Waals surface area contributed by atoms with E-state index in [4.69, 9.17) is 0 Å². The zero-order valence-electron chi connectivity index (χ0n) is 12.3. The molecular weight excluding hydrogens is 290 g/mol. The molecule has 2 aromatic heterocycles. The summed E-state index contributed by atoms with van der Waals surface area (Å²) >= 11 is 0. The van der Waals surface area contributed by atoms with Crippen molar-refractivity contribution in [2.45, 2.75) is 6.54 Å². The summed E-state index contributed by atoms with van der Waals surface area (Å²) in [7, 11) is 0. The lowest BCUT2D eigenvalue weighted by molar-refractivity contribution is 0.102. The smallest absolute Gasteiger partial charge is 0.274 e. The van der Waals surface area contributed by atoms with Crippen molar-refractivity contribution in [3.63, 3.8) is 0 Å². The van der Waals surface area contributed by atoms with Gasteiger partial charge in [0.2, 0.25) is 5.95 Å². The quantitative estimate of drug-likeness (QED) is 0.757. The van der Waals surface area contributed by atoms with E-state index in [0.717, 1.165) is 11.3 Å². The van der Waals surface area contributed by atoms with Crippen molar-refractivity contribution in [2.75, 3.05) is 10.6 Å². The van der Waals surface area contributed by atoms with Gasteiger partial charge in [-0.05, 0) is 29.8 Å². The molecule has 6 heteroatoms. The lowest BCUT2D eigenvalue weighted by Crippen LogP contribution is -2.15. The number of anilines is 2. The average molecular weight is 305 g/mol. The highest BCUT2D eigenvalue weighted by Crippen LogP contribution is 2.09. The number of para-hydroxylation sites is 1. The Balaban J connectivity index is 1.66. The van der Waals surface area contributed by atoms with Gasteiger partial charge in [0.25, 0.3) is 5.91 Å². The van der Waals surface area contributed by atoms with Gasteiger partial charge >= 0.3 is 0 Å². The summed E-state index contributed by atoms with van der Waals surface area (Å²) in [4.78, 5) is 24.6. The number of aromatic nitrogens is 3. The molecule has 0 saturated heterocycles. The maximum atomic E-state index is 12.2. The Labute approximate surface area is 133 Å². The number of hydrogen-bond donors (Lipinski definition) is 2. The molecule has 0 unspecified atom stereocenters. The Morgan fingerprint density at radius 3 is 2.65 bits per heavy atom. The second-order valence-corrected chi connectivity index (χ2v) is 4.80. The highest BCUT2D eigenvalue weighted by molar-refractivity contribution is 6.02. The summed E-state index contributed by atoms with van der Waals surface area (Å²) in [5.41, 5.74) is 2.04. The first-order chi connectivity index (χ1) is 11.3. The van der Waals surface area contributed by atoms with Crippen LogP contribution in [0.4, 0.5) is 11.6 Å². The van der Waals surface area contributed by atoms with Crippen molar-refractivity contribution >= 4 is 17.5 Å². The van der Waals surface area contributed by atoms with E-state index >= 15 is 0 Å². The lowest BCUT2D eigenvalue weighted by Gasteiger charge is -2.07. The Bertz CT molecular complexity index is 777. The topological polar surface area (TPSA) is 79.8 Å². The Kier molecular flexibility index (Phi) is 4.54. The van der Waals surface area contributed by atoms with E-state index in [0.29, 0.717) is 18.2 Å². The molecule has 0 atom stereocenters. The highest BCUT2D eigenvalue weighted by Gasteiger charge is 2.09. The van der Waals surface area contributed by atoms with E-state index in [1.807, 2.05) is 42.5 Å². The molecule has 0 saturated carbocycles. The predicted molar refractivity (Wildman–Crippen MR) is 88.0 cm³/mol. The molecule has 0 radical (unpaired) electrons. The number of nitrogens with one attached hydrogen (secondary N) is 2. The maximum absolute atomic E-state index is 12.2. The van der Waals surface area contributed by atoms with Crippen LogP contribution < -0.4 is 10.6 Å². The molecule has 3 aromatic rings. The third-order valence-corrected chi connectivity index (χ3v) is 3.09. The van der Waals surface area contributed by atoms with Crippen LogP contribution in [0.15, 0.2) is 67.1 Å². The molecule has 3 rings (SSSR count). The van der Waals surface area contributed by atoms with Gasteiger partial charge in [0, 0.05) is 30.8 Å². The van der Waals surface area contributed by atoms with Gasteiger partial charge in [0.05, 0.1) is 0 Å². The van der Waals surface area contributed by atoms with E-state index < -0.39 is 0 Å². The largest absolute Gasteiger partial charge is 0.350 e. The van der Waals surface area contributed by atoms with E-state index in [-0.39, 0.29) is 5.91 Å². The molecule has 0 bridgehead atoms. The van der Waals surface area contributed by atoms with Gasteiger partial charge in [0.1, 0.15) is 5.69 Å². The lowest BCUT2D eigenvalue weighted by atomic mass is 10.3. The molecule has 1 amide bonds. The van der Waals surface area contributed by atoms with E-state index in [1.165, 1.54) is 0 Å². The summed E-state index contributed by atoms with van der Waals surface area (Å²) in [5.74, 6) is 0.123. The van der Waals surface area contributed by atoms with Crippen LogP contribution >= 0.6 is 0 Å². The molecule has 1 aromatic carbocycles. The van der Waals surface area contributed by atoms with Crippen molar-refractivity contribution in [2.24, 2.45) is 0 Å². The molecule has 0 aliphatic heterocycles. The number of carbonyl (C=O) groups is 1.